The average Bonchev–Trinajstić information content (AvgIpc) is 3.11. The molecule has 1 aliphatic rings. The van der Waals surface area contributed by atoms with Crippen LogP contribution in [0.3, 0.4) is 0 Å². The zero-order valence-electron chi connectivity index (χ0n) is 24.6. The Morgan fingerprint density at radius 2 is 1.40 bits per heavy atom. The van der Waals surface area contributed by atoms with E-state index in [1.165, 1.54) is 4.90 Å². The summed E-state index contributed by atoms with van der Waals surface area (Å²) in [5.74, 6) is -1.68. The van der Waals surface area contributed by atoms with Crippen molar-refractivity contribution >= 4 is 40.5 Å². The first kappa shape index (κ1) is 29.5. The molecule has 0 aromatic heterocycles. The molecule has 43 heavy (non-hydrogen) atoms. The highest BCUT2D eigenvalue weighted by Crippen LogP contribution is 2.39. The molecule has 0 N–H and O–H groups in total. The highest BCUT2D eigenvalue weighted by atomic mass is 16.5. The first-order valence-electron chi connectivity index (χ1n) is 14.3. The molecule has 0 radical (unpaired) electrons. The maximum atomic E-state index is 14.3. The highest BCUT2D eigenvalue weighted by molar-refractivity contribution is 6.21. The third-order valence-corrected chi connectivity index (χ3v) is 7.34. The maximum absolute atomic E-state index is 14.3. The number of ether oxygens (including phenoxy) is 2. The molecule has 1 unspecified atom stereocenters. The van der Waals surface area contributed by atoms with Crippen molar-refractivity contribution in [3.8, 4) is 5.75 Å². The van der Waals surface area contributed by atoms with Gasteiger partial charge in [-0.1, -0.05) is 60.7 Å². The lowest BCUT2D eigenvalue weighted by Crippen LogP contribution is -2.49. The number of carbonyl (C=O) groups excluding carboxylic acids is 3. The minimum absolute atomic E-state index is 0.138. The van der Waals surface area contributed by atoms with Gasteiger partial charge in [0.1, 0.15) is 18.2 Å². The number of benzene rings is 4. The summed E-state index contributed by atoms with van der Waals surface area (Å²) < 4.78 is 11.2. The number of hydrogen-bond acceptors (Lipinski definition) is 5. The second-order valence-electron chi connectivity index (χ2n) is 10.5. The largest absolute Gasteiger partial charge is 0.497 e. The van der Waals surface area contributed by atoms with Crippen molar-refractivity contribution < 1.29 is 23.9 Å². The summed E-state index contributed by atoms with van der Waals surface area (Å²) in [4.78, 5) is 47.1. The molecular weight excluding hydrogens is 542 g/mol. The molecule has 1 aliphatic heterocycles. The van der Waals surface area contributed by atoms with E-state index in [1.807, 2.05) is 92.7 Å². The van der Waals surface area contributed by atoms with Gasteiger partial charge in [0.05, 0.1) is 31.7 Å². The van der Waals surface area contributed by atoms with Gasteiger partial charge in [-0.25, -0.2) is 0 Å². The first-order chi connectivity index (χ1) is 20.9. The van der Waals surface area contributed by atoms with Crippen LogP contribution in [0.25, 0.3) is 0 Å². The Morgan fingerprint density at radius 3 is 2.02 bits per heavy atom. The monoisotopic (exact) mass is 577 g/mol. The van der Waals surface area contributed by atoms with Gasteiger partial charge in [-0.15, -0.1) is 0 Å². The van der Waals surface area contributed by atoms with Crippen LogP contribution in [0.1, 0.15) is 19.4 Å². The normalized spacial score (nSPS) is 14.8. The van der Waals surface area contributed by atoms with Gasteiger partial charge in [-0.3, -0.25) is 19.3 Å². The van der Waals surface area contributed by atoms with E-state index in [1.54, 1.807) is 47.2 Å². The van der Waals surface area contributed by atoms with Crippen LogP contribution in [0.15, 0.2) is 109 Å². The third kappa shape index (κ3) is 6.44. The molecule has 0 spiro atoms. The molecule has 0 saturated carbocycles. The van der Waals surface area contributed by atoms with Crippen LogP contribution in [-0.4, -0.2) is 44.0 Å². The molecule has 4 aromatic carbocycles. The Bertz CT molecular complexity index is 1560. The number of nitrogens with zero attached hydrogens (tertiary/aromatic N) is 3. The average molecular weight is 578 g/mol. The third-order valence-electron chi connectivity index (χ3n) is 7.34. The topological polar surface area (TPSA) is 79.4 Å². The van der Waals surface area contributed by atoms with E-state index in [0.29, 0.717) is 28.5 Å². The van der Waals surface area contributed by atoms with Crippen molar-refractivity contribution in [3.05, 3.63) is 115 Å². The van der Waals surface area contributed by atoms with Crippen LogP contribution < -0.4 is 19.4 Å². The number of hydrogen-bond donors (Lipinski definition) is 0. The van der Waals surface area contributed by atoms with Gasteiger partial charge in [0.25, 0.3) is 0 Å². The molecule has 220 valence electrons. The summed E-state index contributed by atoms with van der Waals surface area (Å²) in [5.41, 5.74) is 3.23. The molecule has 0 fully saturated rings. The van der Waals surface area contributed by atoms with E-state index in [0.717, 1.165) is 5.56 Å². The second-order valence-corrected chi connectivity index (χ2v) is 10.5. The smallest absolute Gasteiger partial charge is 0.247 e. The molecule has 0 bridgehead atoms. The van der Waals surface area contributed by atoms with Crippen LogP contribution in [-0.2, 0) is 25.7 Å². The second kappa shape index (κ2) is 13.4. The fraction of sp³-hybridized carbons (Fsp3) is 0.229. The molecule has 3 amide bonds. The SMILES string of the molecule is COc1ccc(N(C(=O)CN2C(=O)C(COCc3ccccc3)C(=O)N(c3ccccc3)c3ccccc32)C(C)C)cc1. The number of rotatable bonds is 10. The van der Waals surface area contributed by atoms with Crippen LogP contribution in [0.5, 0.6) is 5.75 Å². The molecule has 4 aromatic rings. The van der Waals surface area contributed by atoms with E-state index in [9.17, 15) is 14.4 Å². The molecule has 5 rings (SSSR count). The van der Waals surface area contributed by atoms with Crippen molar-refractivity contribution in [2.45, 2.75) is 26.5 Å². The molecule has 0 aliphatic carbocycles. The summed E-state index contributed by atoms with van der Waals surface area (Å²) >= 11 is 0. The van der Waals surface area contributed by atoms with E-state index in [-0.39, 0.29) is 31.7 Å². The molecule has 8 nitrogen and oxygen atoms in total. The van der Waals surface area contributed by atoms with E-state index in [4.69, 9.17) is 9.47 Å². The van der Waals surface area contributed by atoms with Gasteiger partial charge in [-0.05, 0) is 67.9 Å². The number of para-hydroxylation sites is 3. The number of fused-ring (bicyclic) bond motifs is 1. The molecular formula is C35H35N3O5. The number of carbonyl (C=O) groups is 3. The summed E-state index contributed by atoms with van der Waals surface area (Å²) in [7, 11) is 1.59. The fourth-order valence-corrected chi connectivity index (χ4v) is 5.27. The lowest BCUT2D eigenvalue weighted by Gasteiger charge is -2.31. The van der Waals surface area contributed by atoms with Crippen molar-refractivity contribution in [2.24, 2.45) is 5.92 Å². The number of amides is 3. The first-order valence-corrected chi connectivity index (χ1v) is 14.3. The van der Waals surface area contributed by atoms with Crippen molar-refractivity contribution in [3.63, 3.8) is 0 Å². The lowest BCUT2D eigenvalue weighted by atomic mass is 10.1. The van der Waals surface area contributed by atoms with Gasteiger partial charge >= 0.3 is 0 Å². The van der Waals surface area contributed by atoms with Crippen molar-refractivity contribution in [1.82, 2.24) is 0 Å². The highest BCUT2D eigenvalue weighted by Gasteiger charge is 2.42. The van der Waals surface area contributed by atoms with E-state index < -0.39 is 17.7 Å². The quantitative estimate of drug-likeness (QED) is 0.217. The minimum atomic E-state index is -1.17. The van der Waals surface area contributed by atoms with Crippen molar-refractivity contribution in [1.29, 1.82) is 0 Å². The van der Waals surface area contributed by atoms with E-state index in [2.05, 4.69) is 0 Å². The maximum Gasteiger partial charge on any atom is 0.247 e. The van der Waals surface area contributed by atoms with Gasteiger partial charge in [0.15, 0.2) is 0 Å². The molecule has 0 saturated heterocycles. The van der Waals surface area contributed by atoms with Gasteiger partial charge in [0, 0.05) is 17.4 Å². The number of anilines is 4. The Hall–Kier alpha value is -4.95. The Morgan fingerprint density at radius 1 is 0.791 bits per heavy atom. The minimum Gasteiger partial charge on any atom is -0.497 e. The zero-order valence-corrected chi connectivity index (χ0v) is 24.6. The molecule has 1 atom stereocenters. The van der Waals surface area contributed by atoms with E-state index >= 15 is 0 Å². The summed E-state index contributed by atoms with van der Waals surface area (Å²) in [6.45, 7) is 3.68. The predicted molar refractivity (Wildman–Crippen MR) is 168 cm³/mol. The fourth-order valence-electron chi connectivity index (χ4n) is 5.27. The standard InChI is InChI=1S/C35H35N3O5/c1-25(2)37(28-18-20-29(42-3)21-19-28)33(39)22-36-31-16-10-11-17-32(31)38(27-14-8-5-9-15-27)35(41)30(34(36)40)24-43-23-26-12-6-4-7-13-26/h4-21,25,30H,22-24H2,1-3H3. The number of methoxy groups -OCH3 is 1. The van der Waals surface area contributed by atoms with Crippen molar-refractivity contribution in [2.75, 3.05) is 35.0 Å². The zero-order chi connectivity index (χ0) is 30.3. The molecule has 1 heterocycles. The van der Waals surface area contributed by atoms with Gasteiger partial charge < -0.3 is 19.3 Å². The Labute approximate surface area is 252 Å². The van der Waals surface area contributed by atoms with Crippen LogP contribution in [0, 0.1) is 5.92 Å². The summed E-state index contributed by atoms with van der Waals surface area (Å²) in [5, 5.41) is 0. The van der Waals surface area contributed by atoms with Crippen LogP contribution >= 0.6 is 0 Å². The summed E-state index contributed by atoms with van der Waals surface area (Å²) in [6, 6.07) is 33.0. The predicted octanol–water partition coefficient (Wildman–Crippen LogP) is 5.98. The van der Waals surface area contributed by atoms with Crippen LogP contribution in [0.2, 0.25) is 0 Å². The van der Waals surface area contributed by atoms with Gasteiger partial charge in [0.2, 0.25) is 17.7 Å². The van der Waals surface area contributed by atoms with Gasteiger partial charge in [-0.2, -0.15) is 0 Å². The summed E-state index contributed by atoms with van der Waals surface area (Å²) in [6.07, 6.45) is 0. The molecule has 8 heteroatoms. The van der Waals surface area contributed by atoms with Crippen LogP contribution in [0.4, 0.5) is 22.7 Å². The lowest BCUT2D eigenvalue weighted by molar-refractivity contribution is -0.135. The Kier molecular flexibility index (Phi) is 9.17. The Balaban J connectivity index is 1.52.